The van der Waals surface area contributed by atoms with Gasteiger partial charge in [-0.1, -0.05) is 262 Å². The summed E-state index contributed by atoms with van der Waals surface area (Å²) >= 11 is 0. The fraction of sp³-hybridized carbons (Fsp3) is 0.0526. The molecule has 2 unspecified atom stereocenters. The van der Waals surface area contributed by atoms with Crippen molar-refractivity contribution in [3.8, 4) is 11.1 Å². The SMILES string of the molecule is CC1C=C(c2c3ccccc3c(-c3ccc4cc(C5=NC=C=C(c6ccccc6)N5c5ccccc5)ccc4c3)c3ccccc23)C=C/C1=C(\c1ccc2ccccc2c1)c1ccccc1C(C)c1ccc2ccccc2c1. The predicted molar refractivity (Wildman–Crippen MR) is 332 cm³/mol. The number of para-hydroxylation sites is 1. The minimum Gasteiger partial charge on any atom is -0.287 e. The highest BCUT2D eigenvalue weighted by Gasteiger charge is 2.26. The molecule has 0 aromatic heterocycles. The third-order valence-corrected chi connectivity index (χ3v) is 16.2. The number of benzene rings is 12. The van der Waals surface area contributed by atoms with Crippen LogP contribution in [0, 0.1) is 5.92 Å². The topological polar surface area (TPSA) is 15.6 Å². The van der Waals surface area contributed by atoms with Crippen LogP contribution in [0.4, 0.5) is 5.69 Å². The zero-order valence-corrected chi connectivity index (χ0v) is 43.6. The maximum atomic E-state index is 4.98. The second-order valence-electron chi connectivity index (χ2n) is 20.8. The minimum absolute atomic E-state index is 0.106. The maximum Gasteiger partial charge on any atom is 0.146 e. The van der Waals surface area contributed by atoms with E-state index in [1.54, 1.807) is 6.20 Å². The number of aliphatic imine (C=N–C) groups is 1. The molecule has 78 heavy (non-hydrogen) atoms. The van der Waals surface area contributed by atoms with Crippen molar-refractivity contribution in [1.82, 2.24) is 0 Å². The standard InChI is InChI=1S/C76H54N2/c1-50-45-60(41-42-65(50)73(61-38-34-53-20-10-12-24-57(53)47-61)67-28-14-13-27-66(67)51(2)55-35-33-52-19-9-11-23-56(52)46-55)74-68-29-15-17-31-70(68)75(71-32-18-16-30-69(71)74)62-39-36-59-49-63(40-37-58(59)48-62)76-77-44-43-72(54-21-5-3-6-22-54)78(76)64-25-7-4-8-26-64/h3-42,44-51H,1-2H3/b73-65-. The quantitative estimate of drug-likeness (QED) is 0.104. The van der Waals surface area contributed by atoms with E-state index in [9.17, 15) is 0 Å². The molecule has 2 nitrogen and oxygen atoms in total. The van der Waals surface area contributed by atoms with Crippen LogP contribution in [0.3, 0.4) is 0 Å². The molecular weight excluding hydrogens is 941 g/mol. The molecule has 0 fully saturated rings. The summed E-state index contributed by atoms with van der Waals surface area (Å²) in [6, 6.07) is 93.1. The van der Waals surface area contributed by atoms with Crippen LogP contribution in [0.25, 0.3) is 81.8 Å². The Morgan fingerprint density at radius 1 is 0.462 bits per heavy atom. The predicted octanol–water partition coefficient (Wildman–Crippen LogP) is 19.8. The van der Waals surface area contributed by atoms with Crippen LogP contribution in [0.1, 0.15) is 58.7 Å². The Bertz CT molecular complexity index is 4510. The molecule has 12 aromatic carbocycles. The van der Waals surface area contributed by atoms with Crippen LogP contribution < -0.4 is 4.90 Å². The van der Waals surface area contributed by atoms with Crippen LogP contribution >= 0.6 is 0 Å². The third-order valence-electron chi connectivity index (χ3n) is 16.2. The number of hydrogen-bond acceptors (Lipinski definition) is 2. The molecule has 0 saturated heterocycles. The van der Waals surface area contributed by atoms with E-state index in [0.717, 1.165) is 33.7 Å². The van der Waals surface area contributed by atoms with E-state index in [2.05, 4.69) is 291 Å². The molecule has 0 bridgehead atoms. The molecule has 0 N–H and O–H groups in total. The Morgan fingerprint density at radius 3 is 1.69 bits per heavy atom. The second kappa shape index (κ2) is 19.7. The average molecular weight is 995 g/mol. The van der Waals surface area contributed by atoms with Gasteiger partial charge >= 0.3 is 0 Å². The lowest BCUT2D eigenvalue weighted by Gasteiger charge is -2.29. The van der Waals surface area contributed by atoms with Gasteiger partial charge in [-0.2, -0.15) is 0 Å². The summed E-state index contributed by atoms with van der Waals surface area (Å²) in [5.74, 6) is 1.13. The van der Waals surface area contributed by atoms with Gasteiger partial charge in [0.2, 0.25) is 0 Å². The largest absolute Gasteiger partial charge is 0.287 e. The first kappa shape index (κ1) is 46.7. The number of rotatable bonds is 9. The van der Waals surface area contributed by atoms with E-state index in [-0.39, 0.29) is 11.8 Å². The van der Waals surface area contributed by atoms with Crippen molar-refractivity contribution >= 4 is 82.2 Å². The minimum atomic E-state index is 0.106. The molecule has 12 aromatic rings. The monoisotopic (exact) mass is 994 g/mol. The fourth-order valence-electron chi connectivity index (χ4n) is 12.3. The molecule has 1 aliphatic heterocycles. The Morgan fingerprint density at radius 2 is 1.00 bits per heavy atom. The Balaban J connectivity index is 0.865. The lowest BCUT2D eigenvalue weighted by molar-refractivity contribution is 0.885. The van der Waals surface area contributed by atoms with E-state index in [4.69, 9.17) is 4.99 Å². The molecule has 1 heterocycles. The van der Waals surface area contributed by atoms with Gasteiger partial charge in [-0.05, 0) is 140 Å². The van der Waals surface area contributed by atoms with E-state index in [0.29, 0.717) is 0 Å². The fourth-order valence-corrected chi connectivity index (χ4v) is 12.3. The summed E-state index contributed by atoms with van der Waals surface area (Å²) in [6.45, 7) is 4.74. The number of fused-ring (bicyclic) bond motifs is 5. The van der Waals surface area contributed by atoms with Gasteiger partial charge < -0.3 is 0 Å². The maximum absolute atomic E-state index is 4.98. The summed E-state index contributed by atoms with van der Waals surface area (Å²) < 4.78 is 0. The second-order valence-corrected chi connectivity index (χ2v) is 20.8. The molecule has 368 valence electrons. The van der Waals surface area contributed by atoms with Gasteiger partial charge in [0.1, 0.15) is 5.84 Å². The average Bonchev–Trinajstić information content (AvgIpc) is 3.61. The van der Waals surface area contributed by atoms with Crippen LogP contribution in [0.5, 0.6) is 0 Å². The highest BCUT2D eigenvalue weighted by atomic mass is 15.2. The summed E-state index contributed by atoms with van der Waals surface area (Å²) in [7, 11) is 0. The first-order valence-electron chi connectivity index (χ1n) is 27.2. The smallest absolute Gasteiger partial charge is 0.146 e. The summed E-state index contributed by atoms with van der Waals surface area (Å²) in [4.78, 5) is 7.20. The molecule has 0 spiro atoms. The van der Waals surface area contributed by atoms with E-state index in [1.807, 2.05) is 6.07 Å². The molecule has 0 amide bonds. The zero-order chi connectivity index (χ0) is 52.1. The van der Waals surface area contributed by atoms with Gasteiger partial charge in [0, 0.05) is 28.7 Å². The van der Waals surface area contributed by atoms with Crippen molar-refractivity contribution in [2.75, 3.05) is 4.90 Å². The van der Waals surface area contributed by atoms with Gasteiger partial charge in [-0.3, -0.25) is 4.90 Å². The number of anilines is 1. The molecule has 0 radical (unpaired) electrons. The number of amidine groups is 1. The summed E-state index contributed by atoms with van der Waals surface area (Å²) in [5, 5.41) is 12.3. The van der Waals surface area contributed by atoms with Crippen molar-refractivity contribution in [3.05, 3.63) is 329 Å². The van der Waals surface area contributed by atoms with Crippen molar-refractivity contribution < 1.29 is 0 Å². The zero-order valence-electron chi connectivity index (χ0n) is 43.6. The number of nitrogens with zero attached hydrogens (tertiary/aromatic N) is 2. The van der Waals surface area contributed by atoms with Crippen molar-refractivity contribution in [2.24, 2.45) is 10.9 Å². The van der Waals surface area contributed by atoms with E-state index in [1.165, 1.54) is 104 Å². The molecule has 0 saturated carbocycles. The first-order chi connectivity index (χ1) is 38.5. The highest BCUT2D eigenvalue weighted by Crippen LogP contribution is 2.46. The normalized spacial score (nSPS) is 15.4. The number of allylic oxidation sites excluding steroid dienone is 5. The molecule has 1 aliphatic carbocycles. The van der Waals surface area contributed by atoms with Crippen molar-refractivity contribution in [2.45, 2.75) is 19.8 Å². The summed E-state index contributed by atoms with van der Waals surface area (Å²) in [5.41, 5.74) is 20.2. The van der Waals surface area contributed by atoms with Gasteiger partial charge in [-0.25, -0.2) is 4.99 Å². The van der Waals surface area contributed by atoms with Gasteiger partial charge in [0.25, 0.3) is 0 Å². The molecular formula is C76H54N2. The van der Waals surface area contributed by atoms with Gasteiger partial charge in [0.15, 0.2) is 0 Å². The Labute approximate surface area is 455 Å². The van der Waals surface area contributed by atoms with E-state index >= 15 is 0 Å². The molecule has 14 rings (SSSR count). The molecule has 2 atom stereocenters. The van der Waals surface area contributed by atoms with Crippen LogP contribution in [0.15, 0.2) is 296 Å². The van der Waals surface area contributed by atoms with Gasteiger partial charge in [0.05, 0.1) is 11.9 Å². The lowest BCUT2D eigenvalue weighted by atomic mass is 9.78. The van der Waals surface area contributed by atoms with Crippen LogP contribution in [-0.2, 0) is 0 Å². The van der Waals surface area contributed by atoms with E-state index < -0.39 is 0 Å². The van der Waals surface area contributed by atoms with Crippen LogP contribution in [0.2, 0.25) is 0 Å². The summed E-state index contributed by atoms with van der Waals surface area (Å²) in [6.07, 6.45) is 9.12. The first-order valence-corrected chi connectivity index (χ1v) is 27.2. The van der Waals surface area contributed by atoms with Crippen LogP contribution in [-0.4, -0.2) is 5.84 Å². The Kier molecular flexibility index (Phi) is 11.8. The molecule has 2 heteroatoms. The van der Waals surface area contributed by atoms with Crippen molar-refractivity contribution in [1.29, 1.82) is 0 Å². The number of hydrogen-bond donors (Lipinski definition) is 0. The Hall–Kier alpha value is -9.85. The van der Waals surface area contributed by atoms with Gasteiger partial charge in [-0.15, -0.1) is 0 Å². The third kappa shape index (κ3) is 8.28. The molecule has 2 aliphatic rings. The van der Waals surface area contributed by atoms with Crippen molar-refractivity contribution in [3.63, 3.8) is 0 Å². The highest BCUT2D eigenvalue weighted by molar-refractivity contribution is 6.21. The lowest BCUT2D eigenvalue weighted by Crippen LogP contribution is -2.31.